The predicted octanol–water partition coefficient (Wildman–Crippen LogP) is 4.87. The number of carbonyl (C=O) groups excluding carboxylic acids is 4. The van der Waals surface area contributed by atoms with Crippen molar-refractivity contribution in [3.63, 3.8) is 0 Å². The fourth-order valence-electron chi connectivity index (χ4n) is 7.69. The SMILES string of the molecule is O=C1[C@H]2[C@H](CC=C3[C@H]2C[C@@]2(Cl)C(=O)N(c4ccc(F)cc4)C(=O)[C@@]2(Cl)[C@H]3c2ccc(OCCO)cc2)C(=O)N1c1cccc([N+](=O)[O-])c1. The highest BCUT2D eigenvalue weighted by Crippen LogP contribution is 2.66. The molecule has 0 aromatic heterocycles. The van der Waals surface area contributed by atoms with Crippen molar-refractivity contribution in [2.75, 3.05) is 23.0 Å². The predicted molar refractivity (Wildman–Crippen MR) is 171 cm³/mol. The molecule has 4 amide bonds. The Balaban J connectivity index is 1.36. The molecule has 48 heavy (non-hydrogen) atoms. The van der Waals surface area contributed by atoms with Crippen molar-refractivity contribution in [3.8, 4) is 5.75 Å². The van der Waals surface area contributed by atoms with Gasteiger partial charge in [-0.2, -0.15) is 0 Å². The molecule has 0 radical (unpaired) electrons. The first kappa shape index (κ1) is 31.9. The Morgan fingerprint density at radius 3 is 2.29 bits per heavy atom. The molecule has 3 fully saturated rings. The number of anilines is 2. The molecule has 6 atom stereocenters. The number of hydrogen-bond donors (Lipinski definition) is 1. The Morgan fingerprint density at radius 1 is 0.917 bits per heavy atom. The van der Waals surface area contributed by atoms with Crippen LogP contribution in [-0.4, -0.2) is 56.6 Å². The minimum absolute atomic E-state index is 0.0418. The number of nitrogens with zero attached hydrogens (tertiary/aromatic N) is 3. The molecule has 0 bridgehead atoms. The molecule has 2 aliphatic heterocycles. The number of aliphatic hydroxyl groups is 1. The number of nitro groups is 1. The second kappa shape index (κ2) is 11.5. The van der Waals surface area contributed by atoms with Crippen LogP contribution in [0, 0.1) is 33.7 Å². The highest BCUT2D eigenvalue weighted by Gasteiger charge is 2.76. The van der Waals surface area contributed by atoms with Gasteiger partial charge in [0, 0.05) is 18.1 Å². The molecule has 14 heteroatoms. The molecule has 1 saturated carbocycles. The number of non-ortho nitro benzene ring substituents is 1. The maximum Gasteiger partial charge on any atom is 0.271 e. The van der Waals surface area contributed by atoms with Gasteiger partial charge in [0.25, 0.3) is 17.5 Å². The van der Waals surface area contributed by atoms with E-state index < -0.39 is 67.8 Å². The van der Waals surface area contributed by atoms with E-state index in [0.29, 0.717) is 16.9 Å². The lowest BCUT2D eigenvalue weighted by Gasteiger charge is -2.50. The van der Waals surface area contributed by atoms with Gasteiger partial charge < -0.3 is 9.84 Å². The van der Waals surface area contributed by atoms with Crippen molar-refractivity contribution in [1.29, 1.82) is 0 Å². The Morgan fingerprint density at radius 2 is 1.62 bits per heavy atom. The quantitative estimate of drug-likeness (QED) is 0.121. The normalized spacial score (nSPS) is 29.4. The van der Waals surface area contributed by atoms with Gasteiger partial charge in [-0.05, 0) is 66.8 Å². The molecule has 7 rings (SSSR count). The van der Waals surface area contributed by atoms with Crippen LogP contribution in [0.15, 0.2) is 84.4 Å². The summed E-state index contributed by atoms with van der Waals surface area (Å²) in [5.74, 6) is -6.74. The summed E-state index contributed by atoms with van der Waals surface area (Å²) in [7, 11) is 0. The monoisotopic (exact) mass is 693 g/mol. The van der Waals surface area contributed by atoms with Crippen molar-refractivity contribution >= 4 is 63.9 Å². The van der Waals surface area contributed by atoms with Crippen LogP contribution < -0.4 is 14.5 Å². The smallest absolute Gasteiger partial charge is 0.271 e. The Labute approximate surface area is 282 Å². The van der Waals surface area contributed by atoms with E-state index in [1.54, 1.807) is 30.3 Å². The summed E-state index contributed by atoms with van der Waals surface area (Å²) in [5.41, 5.74) is 0.841. The first-order chi connectivity index (χ1) is 22.9. The van der Waals surface area contributed by atoms with E-state index in [2.05, 4.69) is 0 Å². The number of nitro benzene ring substituents is 1. The van der Waals surface area contributed by atoms with E-state index in [-0.39, 0.29) is 43.1 Å². The van der Waals surface area contributed by atoms with Crippen molar-refractivity contribution in [2.24, 2.45) is 17.8 Å². The molecule has 0 unspecified atom stereocenters. The standard InChI is InChI=1S/C34H26Cl2FN3O8/c35-33-17-26-24(12-13-25-27(26)30(43)38(29(25)42)21-2-1-3-22(16-21)40(46)47)28(18-4-10-23(11-5-18)48-15-14-41)34(33,36)32(45)39(31(33)44)20-8-6-19(37)7-9-20/h1-12,16,25-28,41H,13-15,17H2/t25-,26+,27-,28-,33+,34-/m0/s1. The van der Waals surface area contributed by atoms with E-state index in [1.807, 2.05) is 0 Å². The number of imide groups is 2. The minimum atomic E-state index is -2.11. The molecule has 0 spiro atoms. The summed E-state index contributed by atoms with van der Waals surface area (Å²) < 4.78 is 19.4. The van der Waals surface area contributed by atoms with E-state index >= 15 is 0 Å². The lowest BCUT2D eigenvalue weighted by molar-refractivity contribution is -0.384. The highest BCUT2D eigenvalue weighted by molar-refractivity contribution is 6.58. The number of fused-ring (bicyclic) bond motifs is 4. The third kappa shape index (κ3) is 4.50. The van der Waals surface area contributed by atoms with Crippen molar-refractivity contribution in [3.05, 3.63) is 106 Å². The van der Waals surface area contributed by atoms with Gasteiger partial charge >= 0.3 is 0 Å². The average molecular weight is 694 g/mol. The second-order valence-electron chi connectivity index (χ2n) is 12.2. The highest BCUT2D eigenvalue weighted by atomic mass is 35.5. The fourth-order valence-corrected chi connectivity index (χ4v) is 8.63. The van der Waals surface area contributed by atoms with Crippen LogP contribution in [-0.2, 0) is 19.2 Å². The van der Waals surface area contributed by atoms with Gasteiger partial charge in [-0.3, -0.25) is 29.3 Å². The number of ether oxygens (including phenoxy) is 1. The zero-order valence-electron chi connectivity index (χ0n) is 24.9. The van der Waals surface area contributed by atoms with Gasteiger partial charge in [0.2, 0.25) is 11.8 Å². The molecule has 2 heterocycles. The molecular formula is C34H26Cl2FN3O8. The van der Waals surface area contributed by atoms with Gasteiger partial charge in [-0.15, -0.1) is 23.2 Å². The van der Waals surface area contributed by atoms with Crippen LogP contribution in [0.1, 0.15) is 24.3 Å². The largest absolute Gasteiger partial charge is 0.491 e. The Hall–Kier alpha value is -4.65. The van der Waals surface area contributed by atoms with Crippen LogP contribution in [0.5, 0.6) is 5.75 Å². The molecule has 2 saturated heterocycles. The second-order valence-corrected chi connectivity index (χ2v) is 13.4. The first-order valence-corrected chi connectivity index (χ1v) is 15.9. The molecule has 2 aliphatic carbocycles. The molecule has 1 N–H and O–H groups in total. The van der Waals surface area contributed by atoms with Gasteiger partial charge in [0.05, 0.1) is 34.7 Å². The zero-order chi connectivity index (χ0) is 34.1. The number of hydrogen-bond acceptors (Lipinski definition) is 8. The number of amides is 4. The average Bonchev–Trinajstić information content (AvgIpc) is 3.42. The van der Waals surface area contributed by atoms with Crippen LogP contribution in [0.3, 0.4) is 0 Å². The Kier molecular flexibility index (Phi) is 7.65. The summed E-state index contributed by atoms with van der Waals surface area (Å²) in [6, 6.07) is 16.5. The van der Waals surface area contributed by atoms with Gasteiger partial charge in [0.15, 0.2) is 9.75 Å². The van der Waals surface area contributed by atoms with Crippen molar-refractivity contribution < 1.29 is 38.3 Å². The summed E-state index contributed by atoms with van der Waals surface area (Å²) in [4.78, 5) is 65.2. The van der Waals surface area contributed by atoms with Crippen LogP contribution in [0.25, 0.3) is 0 Å². The number of halogens is 3. The molecule has 3 aromatic rings. The van der Waals surface area contributed by atoms with E-state index in [4.69, 9.17) is 33.0 Å². The molecule has 3 aromatic carbocycles. The summed E-state index contributed by atoms with van der Waals surface area (Å²) >= 11 is 14.7. The third-order valence-corrected chi connectivity index (χ3v) is 11.2. The number of aliphatic hydroxyl groups excluding tert-OH is 1. The summed E-state index contributed by atoms with van der Waals surface area (Å²) in [6.45, 7) is -0.170. The summed E-state index contributed by atoms with van der Waals surface area (Å²) in [6.07, 6.45) is 1.60. The van der Waals surface area contributed by atoms with E-state index in [9.17, 15) is 33.7 Å². The number of rotatable bonds is 7. The molecule has 11 nitrogen and oxygen atoms in total. The number of benzene rings is 3. The third-order valence-electron chi connectivity index (χ3n) is 9.77. The van der Waals surface area contributed by atoms with Crippen molar-refractivity contribution in [2.45, 2.75) is 28.5 Å². The van der Waals surface area contributed by atoms with Gasteiger partial charge in [0.1, 0.15) is 18.2 Å². The maximum absolute atomic E-state index is 14.4. The lowest BCUT2D eigenvalue weighted by Crippen LogP contribution is -2.60. The lowest BCUT2D eigenvalue weighted by atomic mass is 9.56. The first-order valence-electron chi connectivity index (χ1n) is 15.1. The topological polar surface area (TPSA) is 147 Å². The maximum atomic E-state index is 14.4. The number of carbonyl (C=O) groups is 4. The zero-order valence-corrected chi connectivity index (χ0v) is 26.4. The summed E-state index contributed by atoms with van der Waals surface area (Å²) in [5, 5.41) is 20.6. The minimum Gasteiger partial charge on any atom is -0.491 e. The van der Waals surface area contributed by atoms with Crippen LogP contribution >= 0.6 is 23.2 Å². The fraction of sp³-hybridized carbons (Fsp3) is 0.294. The van der Waals surface area contributed by atoms with E-state index in [0.717, 1.165) is 28.0 Å². The van der Waals surface area contributed by atoms with Gasteiger partial charge in [-0.25, -0.2) is 14.2 Å². The van der Waals surface area contributed by atoms with Crippen LogP contribution in [0.2, 0.25) is 0 Å². The Bertz CT molecular complexity index is 1920. The number of alkyl halides is 2. The van der Waals surface area contributed by atoms with Crippen LogP contribution in [0.4, 0.5) is 21.5 Å². The molecule has 4 aliphatic rings. The van der Waals surface area contributed by atoms with Crippen molar-refractivity contribution in [1.82, 2.24) is 0 Å². The van der Waals surface area contributed by atoms with E-state index in [1.165, 1.54) is 30.3 Å². The molecular weight excluding hydrogens is 668 g/mol. The molecule has 246 valence electrons. The number of allylic oxidation sites excluding steroid dienone is 2. The van der Waals surface area contributed by atoms with Gasteiger partial charge in [-0.1, -0.05) is 29.8 Å².